The summed E-state index contributed by atoms with van der Waals surface area (Å²) in [5.41, 5.74) is 1.73. The lowest BCUT2D eigenvalue weighted by Crippen LogP contribution is -2.62. The summed E-state index contributed by atoms with van der Waals surface area (Å²) in [6.07, 6.45) is 6.54. The number of thioether (sulfide) groups is 1. The van der Waals surface area contributed by atoms with Gasteiger partial charge in [0, 0.05) is 18.1 Å². The van der Waals surface area contributed by atoms with Crippen molar-refractivity contribution in [2.24, 2.45) is 9.98 Å². The van der Waals surface area contributed by atoms with E-state index in [4.69, 9.17) is 9.26 Å². The van der Waals surface area contributed by atoms with Crippen LogP contribution in [0, 0.1) is 0 Å². The first-order chi connectivity index (χ1) is 17.2. The number of aliphatic imine (C=N–C) groups is 2. The third-order valence-electron chi connectivity index (χ3n) is 5.13. The van der Waals surface area contributed by atoms with Crippen LogP contribution in [0.4, 0.5) is 11.6 Å². The maximum absolute atomic E-state index is 13.2. The molecule has 0 saturated carbocycles. The minimum atomic E-state index is -0.435. The highest BCUT2D eigenvalue weighted by Crippen LogP contribution is 2.29. The molecular formula is C23H21N7O4S. The van der Waals surface area contributed by atoms with E-state index in [1.807, 2.05) is 35.3 Å². The van der Waals surface area contributed by atoms with Crippen molar-refractivity contribution < 1.29 is 24.0 Å². The molecule has 1 saturated heterocycles. The van der Waals surface area contributed by atoms with Crippen LogP contribution in [0.25, 0.3) is 6.08 Å². The lowest BCUT2D eigenvalue weighted by molar-refractivity contribution is -0.759. The number of amidine groups is 1. The van der Waals surface area contributed by atoms with Crippen molar-refractivity contribution in [1.82, 2.24) is 10.3 Å². The van der Waals surface area contributed by atoms with Crippen LogP contribution in [-0.2, 0) is 9.53 Å². The average Bonchev–Trinajstić information content (AvgIpc) is 3.49. The number of anilines is 1. The van der Waals surface area contributed by atoms with Crippen molar-refractivity contribution in [2.45, 2.75) is 0 Å². The molecule has 11 nitrogen and oxygen atoms in total. The third-order valence-corrected chi connectivity index (χ3v) is 6.06. The van der Waals surface area contributed by atoms with E-state index in [2.05, 4.69) is 20.2 Å². The molecule has 1 aromatic carbocycles. The van der Waals surface area contributed by atoms with E-state index in [0.29, 0.717) is 37.2 Å². The standard InChI is InChI=1S/C23H21N7O4S/c31-20(26-21-15-29(27-34-21)28-10-12-33-13-11-28)16-35-23-25-19(14-17-6-8-24-9-7-17)22(32)30(23)18-4-2-1-3-5-18/h1-9,14-15H,10-13,16H2/b19-14+. The van der Waals surface area contributed by atoms with E-state index in [1.54, 1.807) is 36.8 Å². The van der Waals surface area contributed by atoms with Gasteiger partial charge >= 0.3 is 5.88 Å². The molecule has 0 radical (unpaired) electrons. The van der Waals surface area contributed by atoms with Crippen LogP contribution in [0.3, 0.4) is 0 Å². The molecule has 2 aliphatic heterocycles. The van der Waals surface area contributed by atoms with Crippen molar-refractivity contribution >= 4 is 46.4 Å². The Morgan fingerprint density at radius 1 is 1.17 bits per heavy atom. The molecular weight excluding hydrogens is 470 g/mol. The van der Waals surface area contributed by atoms with E-state index < -0.39 is 5.90 Å². The van der Waals surface area contributed by atoms with Gasteiger partial charge in [0.05, 0.1) is 36.8 Å². The Morgan fingerprint density at radius 3 is 2.71 bits per heavy atom. The molecule has 2 aliphatic rings. The third kappa shape index (κ3) is 5.39. The number of carbonyl (C=O) groups is 1. The minimum absolute atomic E-state index is 0.0315. The topological polar surface area (TPSA) is 123 Å². The van der Waals surface area contributed by atoms with Crippen molar-refractivity contribution in [2.75, 3.05) is 42.0 Å². The van der Waals surface area contributed by atoms with Crippen molar-refractivity contribution in [3.05, 3.63) is 72.3 Å². The minimum Gasteiger partial charge on any atom is -0.861 e. The Bertz CT molecular complexity index is 1270. The zero-order valence-corrected chi connectivity index (χ0v) is 19.4. The molecule has 0 spiro atoms. The number of carbonyl (C=O) groups excluding carboxylic acids is 1. The normalized spacial score (nSPS) is 17.8. The largest absolute Gasteiger partial charge is 0.861 e. The first-order valence-electron chi connectivity index (χ1n) is 10.9. The summed E-state index contributed by atoms with van der Waals surface area (Å²) < 4.78 is 10.5. The van der Waals surface area contributed by atoms with Gasteiger partial charge in [-0.1, -0.05) is 30.0 Å². The van der Waals surface area contributed by atoms with Gasteiger partial charge in [-0.3, -0.25) is 19.2 Å². The number of hydrogen-bond donors (Lipinski definition) is 0. The summed E-state index contributed by atoms with van der Waals surface area (Å²) in [7, 11) is 0. The summed E-state index contributed by atoms with van der Waals surface area (Å²) >= 11 is 1.13. The lowest BCUT2D eigenvalue weighted by Gasteiger charge is -2.18. The van der Waals surface area contributed by atoms with Crippen molar-refractivity contribution in [3.8, 4) is 0 Å². The van der Waals surface area contributed by atoms with Gasteiger partial charge in [0.15, 0.2) is 5.17 Å². The summed E-state index contributed by atoms with van der Waals surface area (Å²) in [5.74, 6) is -0.641. The molecule has 1 fully saturated rings. The Hall–Kier alpha value is -4.03. The smallest absolute Gasteiger partial charge is 0.324 e. The highest BCUT2D eigenvalue weighted by Gasteiger charge is 2.32. The number of ether oxygens (including phenoxy) is 1. The monoisotopic (exact) mass is 491 g/mol. The van der Waals surface area contributed by atoms with Gasteiger partial charge in [0.2, 0.25) is 5.27 Å². The molecule has 0 aliphatic carbocycles. The number of pyridine rings is 1. The Labute approximate surface area is 205 Å². The molecule has 3 aromatic rings. The Balaban J connectivity index is 1.33. The average molecular weight is 492 g/mol. The van der Waals surface area contributed by atoms with Gasteiger partial charge in [0.25, 0.3) is 12.1 Å². The number of para-hydroxylation sites is 1. The fourth-order valence-corrected chi connectivity index (χ4v) is 4.27. The molecule has 178 valence electrons. The number of hydrogen-bond acceptors (Lipinski definition) is 10. The van der Waals surface area contributed by atoms with Gasteiger partial charge in [-0.2, -0.15) is 0 Å². The van der Waals surface area contributed by atoms with Crippen LogP contribution < -0.4 is 19.8 Å². The predicted molar refractivity (Wildman–Crippen MR) is 129 cm³/mol. The van der Waals surface area contributed by atoms with Gasteiger partial charge in [-0.25, -0.2) is 9.98 Å². The number of morpholine rings is 1. The Kier molecular flexibility index (Phi) is 6.82. The van der Waals surface area contributed by atoms with E-state index in [-0.39, 0.29) is 23.2 Å². The second-order valence-electron chi connectivity index (χ2n) is 7.50. The van der Waals surface area contributed by atoms with Crippen LogP contribution in [0.1, 0.15) is 5.56 Å². The maximum Gasteiger partial charge on any atom is 0.324 e. The molecule has 1 amide bonds. The summed E-state index contributed by atoms with van der Waals surface area (Å²) in [6.45, 7) is 2.52. The summed E-state index contributed by atoms with van der Waals surface area (Å²) in [5, 5.41) is 18.8. The molecule has 0 bridgehead atoms. The lowest BCUT2D eigenvalue weighted by atomic mass is 10.2. The zero-order valence-electron chi connectivity index (χ0n) is 18.6. The fraction of sp³-hybridized carbons (Fsp3) is 0.217. The summed E-state index contributed by atoms with van der Waals surface area (Å²) in [4.78, 5) is 28.7. The first-order valence-corrected chi connectivity index (χ1v) is 11.8. The van der Waals surface area contributed by atoms with E-state index >= 15 is 0 Å². The molecule has 35 heavy (non-hydrogen) atoms. The molecule has 0 N–H and O–H groups in total. The highest BCUT2D eigenvalue weighted by atomic mass is 32.2. The molecule has 0 unspecified atom stereocenters. The second-order valence-corrected chi connectivity index (χ2v) is 8.44. The first kappa shape index (κ1) is 22.7. The van der Waals surface area contributed by atoms with E-state index in [1.165, 1.54) is 9.69 Å². The molecule has 4 heterocycles. The number of benzene rings is 1. The van der Waals surface area contributed by atoms with Crippen LogP contribution >= 0.6 is 11.8 Å². The van der Waals surface area contributed by atoms with Crippen LogP contribution in [-0.4, -0.2) is 59.3 Å². The number of aromatic nitrogens is 3. The van der Waals surface area contributed by atoms with Crippen molar-refractivity contribution in [1.29, 1.82) is 0 Å². The maximum atomic E-state index is 13.2. The predicted octanol–water partition coefficient (Wildman–Crippen LogP) is 0.893. The summed E-state index contributed by atoms with van der Waals surface area (Å²) in [6, 6.07) is 12.7. The second kappa shape index (κ2) is 10.5. The Morgan fingerprint density at radius 2 is 1.94 bits per heavy atom. The van der Waals surface area contributed by atoms with Gasteiger partial charge in [0.1, 0.15) is 5.70 Å². The van der Waals surface area contributed by atoms with Gasteiger partial charge in [-0.15, -0.1) is 5.01 Å². The molecule has 2 aromatic heterocycles. The highest BCUT2D eigenvalue weighted by molar-refractivity contribution is 8.14. The zero-order chi connectivity index (χ0) is 24.0. The van der Waals surface area contributed by atoms with E-state index in [0.717, 1.165) is 17.3 Å². The number of nitrogens with zero attached hydrogens (tertiary/aromatic N) is 7. The molecule has 0 atom stereocenters. The van der Waals surface area contributed by atoms with Crippen LogP contribution in [0.5, 0.6) is 0 Å². The SMILES string of the molecule is O=C1/C(=C\c2ccncc2)N=C(SC/C([O-])=N/c2c[n+](N3CCOCC3)no2)N1c1ccccc1. The van der Waals surface area contributed by atoms with Gasteiger partial charge in [-0.05, 0) is 41.8 Å². The molecule has 12 heteroatoms. The number of amides is 1. The number of rotatable bonds is 6. The quantitative estimate of drug-likeness (QED) is 0.216. The fourth-order valence-electron chi connectivity index (χ4n) is 3.47. The van der Waals surface area contributed by atoms with E-state index in [9.17, 15) is 9.90 Å². The van der Waals surface area contributed by atoms with Gasteiger partial charge < -0.3 is 9.84 Å². The van der Waals surface area contributed by atoms with Crippen LogP contribution in [0.2, 0.25) is 0 Å². The van der Waals surface area contributed by atoms with Crippen molar-refractivity contribution in [3.63, 3.8) is 0 Å². The molecule has 5 rings (SSSR count). The van der Waals surface area contributed by atoms with Crippen LogP contribution in [0.15, 0.2) is 81.3 Å².